The number of aromatic nitrogens is 5. The molecule has 1 aliphatic rings. The standard InChI is InChI=1S/C8H10N6/c1-2-14-7(5-9-1)12-13-8(14)6-3-10-11-4-6/h3-4,9H,1-2,5H2,(H,10,11). The Bertz CT molecular complexity index is 429. The number of fused-ring (bicyclic) bond motifs is 1. The van der Waals surface area contributed by atoms with E-state index in [2.05, 4.69) is 30.3 Å². The van der Waals surface area contributed by atoms with Crippen molar-refractivity contribution in [1.82, 2.24) is 30.3 Å². The third kappa shape index (κ3) is 1.04. The number of rotatable bonds is 1. The van der Waals surface area contributed by atoms with Gasteiger partial charge < -0.3 is 9.88 Å². The maximum atomic E-state index is 4.15. The van der Waals surface area contributed by atoms with Crippen molar-refractivity contribution >= 4 is 0 Å². The Morgan fingerprint density at radius 3 is 3.21 bits per heavy atom. The van der Waals surface area contributed by atoms with Crippen molar-refractivity contribution in [2.75, 3.05) is 6.54 Å². The van der Waals surface area contributed by atoms with Crippen LogP contribution in [0.15, 0.2) is 12.4 Å². The summed E-state index contributed by atoms with van der Waals surface area (Å²) in [4.78, 5) is 0. The molecule has 2 N–H and O–H groups in total. The average Bonchev–Trinajstić information content (AvgIpc) is 2.85. The molecule has 0 aromatic carbocycles. The van der Waals surface area contributed by atoms with Crippen LogP contribution in [0.5, 0.6) is 0 Å². The van der Waals surface area contributed by atoms with Gasteiger partial charge in [0.2, 0.25) is 0 Å². The van der Waals surface area contributed by atoms with Gasteiger partial charge in [0.1, 0.15) is 5.82 Å². The van der Waals surface area contributed by atoms with Gasteiger partial charge in [0.25, 0.3) is 0 Å². The predicted molar refractivity (Wildman–Crippen MR) is 49.3 cm³/mol. The molecular formula is C8H10N6. The fraction of sp³-hybridized carbons (Fsp3) is 0.375. The van der Waals surface area contributed by atoms with Gasteiger partial charge in [0, 0.05) is 19.3 Å². The molecule has 0 fully saturated rings. The Balaban J connectivity index is 2.11. The Hall–Kier alpha value is -1.69. The van der Waals surface area contributed by atoms with Crippen molar-refractivity contribution < 1.29 is 0 Å². The first-order valence-electron chi connectivity index (χ1n) is 4.57. The molecule has 0 amide bonds. The van der Waals surface area contributed by atoms with Gasteiger partial charge in [-0.2, -0.15) is 5.10 Å². The van der Waals surface area contributed by atoms with Crippen LogP contribution in [0.25, 0.3) is 11.4 Å². The lowest BCUT2D eigenvalue weighted by atomic mass is 10.3. The molecule has 2 aromatic heterocycles. The Kier molecular flexibility index (Phi) is 1.60. The Labute approximate surface area is 80.4 Å². The minimum Gasteiger partial charge on any atom is -0.309 e. The molecule has 14 heavy (non-hydrogen) atoms. The van der Waals surface area contributed by atoms with Crippen LogP contribution in [-0.4, -0.2) is 31.5 Å². The average molecular weight is 190 g/mol. The zero-order valence-corrected chi connectivity index (χ0v) is 7.56. The van der Waals surface area contributed by atoms with Crippen LogP contribution in [0.4, 0.5) is 0 Å². The van der Waals surface area contributed by atoms with E-state index in [0.717, 1.165) is 36.8 Å². The monoisotopic (exact) mass is 190 g/mol. The largest absolute Gasteiger partial charge is 0.309 e. The van der Waals surface area contributed by atoms with Gasteiger partial charge in [0.05, 0.1) is 18.3 Å². The van der Waals surface area contributed by atoms with Crippen molar-refractivity contribution in [3.05, 3.63) is 18.2 Å². The molecule has 0 unspecified atom stereocenters. The van der Waals surface area contributed by atoms with E-state index in [1.54, 1.807) is 6.20 Å². The molecule has 0 saturated carbocycles. The van der Waals surface area contributed by atoms with E-state index in [4.69, 9.17) is 0 Å². The third-order valence-corrected chi connectivity index (χ3v) is 2.38. The number of nitrogens with zero attached hydrogens (tertiary/aromatic N) is 4. The summed E-state index contributed by atoms with van der Waals surface area (Å²) < 4.78 is 2.13. The smallest absolute Gasteiger partial charge is 0.167 e. The number of hydrogen-bond acceptors (Lipinski definition) is 4. The second-order valence-electron chi connectivity index (χ2n) is 3.26. The minimum atomic E-state index is 0.796. The highest BCUT2D eigenvalue weighted by atomic mass is 15.3. The Morgan fingerprint density at radius 2 is 2.36 bits per heavy atom. The van der Waals surface area contributed by atoms with Gasteiger partial charge in [-0.3, -0.25) is 5.10 Å². The van der Waals surface area contributed by atoms with Crippen LogP contribution in [0.3, 0.4) is 0 Å². The second-order valence-corrected chi connectivity index (χ2v) is 3.26. The predicted octanol–water partition coefficient (Wildman–Crippen LogP) is -0.229. The number of hydrogen-bond donors (Lipinski definition) is 2. The van der Waals surface area contributed by atoms with Gasteiger partial charge >= 0.3 is 0 Å². The molecular weight excluding hydrogens is 180 g/mol. The molecule has 0 spiro atoms. The molecule has 0 saturated heterocycles. The molecule has 0 aliphatic carbocycles. The van der Waals surface area contributed by atoms with E-state index in [9.17, 15) is 0 Å². The highest BCUT2D eigenvalue weighted by Crippen LogP contribution is 2.17. The molecule has 2 aromatic rings. The van der Waals surface area contributed by atoms with Crippen molar-refractivity contribution in [2.45, 2.75) is 13.1 Å². The van der Waals surface area contributed by atoms with E-state index < -0.39 is 0 Å². The van der Waals surface area contributed by atoms with Crippen molar-refractivity contribution in [2.24, 2.45) is 0 Å². The molecule has 6 nitrogen and oxygen atoms in total. The van der Waals surface area contributed by atoms with Crippen molar-refractivity contribution in [1.29, 1.82) is 0 Å². The fourth-order valence-corrected chi connectivity index (χ4v) is 1.68. The van der Waals surface area contributed by atoms with E-state index in [0.29, 0.717) is 0 Å². The zero-order valence-electron chi connectivity index (χ0n) is 7.56. The van der Waals surface area contributed by atoms with Gasteiger partial charge in [-0.25, -0.2) is 0 Å². The fourth-order valence-electron chi connectivity index (χ4n) is 1.68. The van der Waals surface area contributed by atoms with E-state index in [-0.39, 0.29) is 0 Å². The van der Waals surface area contributed by atoms with Crippen LogP contribution in [-0.2, 0) is 13.1 Å². The molecule has 0 bridgehead atoms. The molecule has 1 aliphatic heterocycles. The molecule has 3 rings (SSSR count). The number of nitrogens with one attached hydrogen (secondary N) is 2. The summed E-state index contributed by atoms with van der Waals surface area (Å²) in [5.74, 6) is 1.89. The molecule has 0 radical (unpaired) electrons. The quantitative estimate of drug-likeness (QED) is 0.651. The summed E-state index contributed by atoms with van der Waals surface area (Å²) in [5, 5.41) is 18.2. The van der Waals surface area contributed by atoms with Gasteiger partial charge in [-0.1, -0.05) is 0 Å². The normalized spacial score (nSPS) is 15.4. The first kappa shape index (κ1) is 7.69. The summed E-state index contributed by atoms with van der Waals surface area (Å²) >= 11 is 0. The SMILES string of the molecule is c1n[nH]cc1-c1nnc2n1CCNC2. The summed E-state index contributed by atoms with van der Waals surface area (Å²) in [5.41, 5.74) is 0.991. The minimum absolute atomic E-state index is 0.796. The maximum absolute atomic E-state index is 4.15. The van der Waals surface area contributed by atoms with E-state index in [1.165, 1.54) is 0 Å². The third-order valence-electron chi connectivity index (χ3n) is 2.38. The van der Waals surface area contributed by atoms with Crippen molar-refractivity contribution in [3.63, 3.8) is 0 Å². The van der Waals surface area contributed by atoms with Crippen molar-refractivity contribution in [3.8, 4) is 11.4 Å². The lowest BCUT2D eigenvalue weighted by Crippen LogP contribution is -2.28. The maximum Gasteiger partial charge on any atom is 0.167 e. The number of H-pyrrole nitrogens is 1. The Morgan fingerprint density at radius 1 is 1.36 bits per heavy atom. The van der Waals surface area contributed by atoms with E-state index in [1.807, 2.05) is 6.20 Å². The second kappa shape index (κ2) is 2.91. The van der Waals surface area contributed by atoms with Gasteiger partial charge in [0.15, 0.2) is 5.82 Å². The summed E-state index contributed by atoms with van der Waals surface area (Å²) in [7, 11) is 0. The van der Waals surface area contributed by atoms with Crippen LogP contribution in [0.1, 0.15) is 5.82 Å². The first-order valence-corrected chi connectivity index (χ1v) is 4.57. The molecule has 3 heterocycles. The highest BCUT2D eigenvalue weighted by Gasteiger charge is 2.16. The lowest BCUT2D eigenvalue weighted by Gasteiger charge is -2.15. The summed E-state index contributed by atoms with van der Waals surface area (Å²) in [6, 6.07) is 0. The van der Waals surface area contributed by atoms with Crippen LogP contribution >= 0.6 is 0 Å². The molecule has 72 valence electrons. The van der Waals surface area contributed by atoms with Crippen LogP contribution in [0, 0.1) is 0 Å². The van der Waals surface area contributed by atoms with Gasteiger partial charge in [-0.15, -0.1) is 10.2 Å². The van der Waals surface area contributed by atoms with E-state index >= 15 is 0 Å². The molecule has 6 heteroatoms. The topological polar surface area (TPSA) is 71.4 Å². The summed E-state index contributed by atoms with van der Waals surface area (Å²) in [6.45, 7) is 2.68. The van der Waals surface area contributed by atoms with Gasteiger partial charge in [-0.05, 0) is 0 Å². The molecule has 0 atom stereocenters. The zero-order chi connectivity index (χ0) is 9.38. The van der Waals surface area contributed by atoms with Crippen LogP contribution in [0.2, 0.25) is 0 Å². The lowest BCUT2D eigenvalue weighted by molar-refractivity contribution is 0.508. The number of aromatic amines is 1. The summed E-state index contributed by atoms with van der Waals surface area (Å²) in [6.07, 6.45) is 3.60. The van der Waals surface area contributed by atoms with Crippen LogP contribution < -0.4 is 5.32 Å². The highest BCUT2D eigenvalue weighted by molar-refractivity contribution is 5.52. The first-order chi connectivity index (χ1) is 6.95.